The Hall–Kier alpha value is -14.4. The third kappa shape index (κ3) is 19.6. The molecule has 0 spiro atoms. The number of thiophene rings is 1. The van der Waals surface area contributed by atoms with E-state index in [2.05, 4.69) is 87.7 Å². The molecule has 135 heavy (non-hydrogen) atoms. The monoisotopic (exact) mass is 1920 g/mol. The maximum absolute atomic E-state index is 14.0. The maximum Gasteiger partial charge on any atom is 0.338 e. The number of halogens is 2. The zero-order valence-corrected chi connectivity index (χ0v) is 78.0. The van der Waals surface area contributed by atoms with Gasteiger partial charge in [-0.1, -0.05) is 86.1 Å². The Kier molecular flexibility index (Phi) is 28.5. The molecule has 4 saturated carbocycles. The van der Waals surface area contributed by atoms with Crippen molar-refractivity contribution in [1.29, 1.82) is 0 Å². The molecule has 16 aromatic rings. The molecule has 694 valence electrons. The standard InChI is InChI=1S/C26H29N5O.C25H23BrFN5O2.C25H26N6O3.C23H23N5O3S.O2S/c1-3-18-9-11-19(12-10-18)24-23(17(2)32)25(27)31-26(29-24)22(15-28-31)20-13-14-30(16-20)21-7-5-4-6-8-21;26-20-22(16-8-6-15(7-9-16)21(27)25(33)34)31-24-18(13-30-32(24)23(20)28)17-10-11-19(29-12-17)14-4-2-1-3-5-14;1-14-5-3-4-6-20(14)30-13-18(11-27-30)19-12-28-31-23(26)21(15(2)32)22(29-24(19)31)16-7-9-17(10-8-16)25(33)34;1-13(29)19-20(14-2-4-15(5-3-14)23(30)31)26-22-18(10-25-28(22)21(19)24)16-6-8-27(11-16)17-7-9-32-12-17;1-3-2/h4-8,13-16,18-19H,3,9-12,27H2,1-2H3;1-5,10-13,15-16,21H,6-9,28H2,(H,33,34);3-6,11-13,16-17H,7-10,26H2,1-2H3,(H,33,34);6-12,14-15H,2-5,24H2,1H3,(H,30,31);. The summed E-state index contributed by atoms with van der Waals surface area (Å²) in [6.07, 6.45) is 31.6. The van der Waals surface area contributed by atoms with E-state index in [0.29, 0.717) is 144 Å². The summed E-state index contributed by atoms with van der Waals surface area (Å²) in [7, 11) is 0. The highest BCUT2D eigenvalue weighted by molar-refractivity contribution is 9.10. The lowest BCUT2D eigenvalue weighted by Crippen LogP contribution is -2.28. The number of Topliss-reactive ketones (excluding diaryl/α,β-unsaturated/α-hetero) is 3. The van der Waals surface area contributed by atoms with Gasteiger partial charge < -0.3 is 47.4 Å². The van der Waals surface area contributed by atoms with Crippen LogP contribution in [-0.4, -0.2) is 147 Å². The van der Waals surface area contributed by atoms with Crippen LogP contribution in [0.2, 0.25) is 0 Å². The van der Waals surface area contributed by atoms with Crippen LogP contribution in [-0.2, 0) is 26.0 Å². The Balaban J connectivity index is 0.000000129. The molecule has 13 aromatic heterocycles. The van der Waals surface area contributed by atoms with E-state index in [0.717, 1.165) is 109 Å². The fraction of sp³-hybridized carbons (Fsp3) is 0.313. The highest BCUT2D eigenvalue weighted by Gasteiger charge is 2.38. The number of rotatable bonds is 20. The van der Waals surface area contributed by atoms with E-state index in [1.807, 2.05) is 143 Å². The van der Waals surface area contributed by atoms with E-state index in [-0.39, 0.29) is 64.5 Å². The average Bonchev–Trinajstić information content (AvgIpc) is 1.65. The fourth-order valence-electron chi connectivity index (χ4n) is 19.3. The van der Waals surface area contributed by atoms with Gasteiger partial charge in [-0.15, -0.1) is 0 Å². The number of carbonyl (C=O) groups is 6. The molecule has 0 aliphatic heterocycles. The van der Waals surface area contributed by atoms with E-state index in [1.165, 1.54) is 42.1 Å². The maximum atomic E-state index is 14.0. The molecule has 0 radical (unpaired) electrons. The third-order valence-electron chi connectivity index (χ3n) is 26.6. The quantitative estimate of drug-likeness (QED) is 0.0348. The van der Waals surface area contributed by atoms with Crippen molar-refractivity contribution in [1.82, 2.24) is 82.3 Å². The smallest absolute Gasteiger partial charge is 0.338 e. The number of nitrogens with zero attached hydrogens (tertiary/aromatic N) is 17. The van der Waals surface area contributed by atoms with Crippen LogP contribution >= 0.6 is 27.3 Å². The van der Waals surface area contributed by atoms with Gasteiger partial charge in [0.05, 0.1) is 104 Å². The average molecular weight is 1920 g/mol. The van der Waals surface area contributed by atoms with Gasteiger partial charge in [0.1, 0.15) is 23.3 Å². The molecule has 32 nitrogen and oxygen atoms in total. The fourth-order valence-corrected chi connectivity index (χ4v) is 20.5. The van der Waals surface area contributed by atoms with Crippen LogP contribution in [0.1, 0.15) is 220 Å². The topological polar surface area (TPSA) is 463 Å². The van der Waals surface area contributed by atoms with Crippen molar-refractivity contribution in [2.24, 2.45) is 23.7 Å². The summed E-state index contributed by atoms with van der Waals surface area (Å²) < 4.78 is 43.4. The highest BCUT2D eigenvalue weighted by Crippen LogP contribution is 2.46. The number of hydrogen-bond acceptors (Lipinski definition) is 23. The molecule has 1 atom stereocenters. The van der Waals surface area contributed by atoms with Gasteiger partial charge >= 0.3 is 29.5 Å². The molecule has 0 saturated heterocycles. The summed E-state index contributed by atoms with van der Waals surface area (Å²) in [6, 6.07) is 38.2. The predicted octanol–water partition coefficient (Wildman–Crippen LogP) is 18.9. The molecule has 3 aromatic carbocycles. The number of ketones is 3. The van der Waals surface area contributed by atoms with Crippen LogP contribution < -0.4 is 22.9 Å². The Morgan fingerprint density at radius 3 is 1.30 bits per heavy atom. The van der Waals surface area contributed by atoms with Crippen molar-refractivity contribution >= 4 is 120 Å². The molecule has 0 amide bonds. The number of nitrogens with two attached hydrogens (primary N) is 4. The lowest BCUT2D eigenvalue weighted by molar-refractivity contribution is -0.145. The van der Waals surface area contributed by atoms with Crippen molar-refractivity contribution in [3.8, 4) is 72.8 Å². The number of carbonyl (C=O) groups excluding carboxylic acids is 3. The molecule has 20 rings (SSSR count). The van der Waals surface area contributed by atoms with Crippen molar-refractivity contribution in [2.75, 3.05) is 22.9 Å². The summed E-state index contributed by atoms with van der Waals surface area (Å²) in [4.78, 5) is 95.7. The van der Waals surface area contributed by atoms with E-state index in [1.54, 1.807) is 64.5 Å². The van der Waals surface area contributed by atoms with Crippen LogP contribution in [0.3, 0.4) is 0 Å². The van der Waals surface area contributed by atoms with Gasteiger partial charge in [0.25, 0.3) is 0 Å². The third-order valence-corrected chi connectivity index (χ3v) is 28.1. The number of alkyl halides is 1. The summed E-state index contributed by atoms with van der Waals surface area (Å²) in [6.45, 7) is 8.82. The van der Waals surface area contributed by atoms with Gasteiger partial charge in [0, 0.05) is 128 Å². The molecule has 4 fully saturated rings. The van der Waals surface area contributed by atoms with Gasteiger partial charge in [-0.05, 0) is 206 Å². The normalized spacial score (nSPS) is 18.5. The van der Waals surface area contributed by atoms with Crippen molar-refractivity contribution in [3.05, 3.63) is 244 Å². The first-order valence-electron chi connectivity index (χ1n) is 44.9. The number of anilines is 4. The van der Waals surface area contributed by atoms with E-state index < -0.39 is 41.6 Å². The van der Waals surface area contributed by atoms with Crippen LogP contribution in [0.4, 0.5) is 27.7 Å². The number of carboxylic acids is 3. The number of aliphatic carboxylic acids is 3. The molecular weight excluding hydrogens is 1820 g/mol. The molecule has 13 heterocycles. The minimum absolute atomic E-state index is 0.00467. The van der Waals surface area contributed by atoms with Gasteiger partial charge in [0.2, 0.25) is 0 Å². The first kappa shape index (κ1) is 93.8. The van der Waals surface area contributed by atoms with Gasteiger partial charge in [-0.25, -0.2) is 33.8 Å². The highest BCUT2D eigenvalue weighted by atomic mass is 79.9. The molecule has 36 heteroatoms. The number of nitrogen functional groups attached to an aromatic ring is 4. The number of aryl methyl sites for hydroxylation is 1. The lowest BCUT2D eigenvalue weighted by atomic mass is 9.78. The molecule has 4 aliphatic carbocycles. The molecule has 11 N–H and O–H groups in total. The molecule has 1 unspecified atom stereocenters. The predicted molar refractivity (Wildman–Crippen MR) is 516 cm³/mol. The minimum atomic E-state index is -1.82. The van der Waals surface area contributed by atoms with Gasteiger partial charge in [0.15, 0.2) is 46.1 Å². The second kappa shape index (κ2) is 41.0. The molecular formula is C99H101BrFN21O11S2. The Morgan fingerprint density at radius 1 is 0.459 bits per heavy atom. The van der Waals surface area contributed by atoms with Crippen LogP contribution in [0, 0.1) is 30.6 Å². The van der Waals surface area contributed by atoms with E-state index in [4.69, 9.17) is 56.4 Å². The first-order chi connectivity index (χ1) is 65.2. The SMILES string of the molecule is CC(=O)c1c(C2CCC(C(=O)O)CC2)nc2c(-c3ccn(-c4ccsc4)c3)cnn2c1N.CC(=O)c1c(C2CCC(C(=O)O)CC2)nc2c(-c3cnn(-c4ccccc4C)c3)cnn2c1N.CCC1CCC(c2nc3c(-c4ccn(-c5ccccc5)c4)cnn3c(N)c2C(C)=O)CC1.Nc1c(Br)c(C2CCC(C(F)C(=O)O)CC2)nc2c(-c3ccc(-c4ccccc4)nc3)cnn12.O=S=O. The van der Waals surface area contributed by atoms with Gasteiger partial charge in [-0.2, -0.15) is 63.3 Å². The van der Waals surface area contributed by atoms with Crippen LogP contribution in [0.25, 0.3) is 95.4 Å². The Morgan fingerprint density at radius 2 is 0.874 bits per heavy atom. The van der Waals surface area contributed by atoms with Crippen molar-refractivity contribution in [3.63, 3.8) is 0 Å². The lowest BCUT2D eigenvalue weighted by Gasteiger charge is -2.29. The number of carboxylic acid groups (broad SMARTS) is 3. The first-order valence-corrected chi connectivity index (χ1v) is 47.3. The number of benzene rings is 3. The summed E-state index contributed by atoms with van der Waals surface area (Å²) in [5.41, 5.74) is 45.7. The van der Waals surface area contributed by atoms with Crippen LogP contribution in [0.5, 0.6) is 0 Å². The number of pyridine rings is 1. The van der Waals surface area contributed by atoms with Crippen molar-refractivity contribution < 1.29 is 56.9 Å². The minimum Gasteiger partial charge on any atom is -0.481 e. The van der Waals surface area contributed by atoms with E-state index in [9.17, 15) is 43.4 Å². The van der Waals surface area contributed by atoms with E-state index >= 15 is 0 Å². The van der Waals surface area contributed by atoms with Crippen molar-refractivity contribution in [2.45, 2.75) is 174 Å². The number of hydrogen-bond donors (Lipinski definition) is 7. The Labute approximate surface area is 790 Å². The molecule has 0 bridgehead atoms. The number of fused-ring (bicyclic) bond motifs is 4. The second-order valence-electron chi connectivity index (χ2n) is 34.8. The Bertz CT molecular complexity index is 7110. The number of aromatic nitrogens is 17. The zero-order chi connectivity index (χ0) is 95.2. The van der Waals surface area contributed by atoms with Crippen LogP contribution in [0.15, 0.2) is 199 Å². The number of para-hydroxylation sites is 2. The summed E-state index contributed by atoms with van der Waals surface area (Å²) in [5.74, 6) is -2.01. The molecule has 4 aliphatic rings. The largest absolute Gasteiger partial charge is 0.481 e. The zero-order valence-electron chi connectivity index (χ0n) is 74.8. The van der Waals surface area contributed by atoms with Gasteiger partial charge in [-0.3, -0.25) is 29.0 Å². The summed E-state index contributed by atoms with van der Waals surface area (Å²) >= 11 is 4.46. The summed E-state index contributed by atoms with van der Waals surface area (Å²) in [5, 5.41) is 54.1. The second-order valence-corrected chi connectivity index (χ2v) is 36.5.